The Balaban J connectivity index is 1.46. The number of thiophene rings is 1. The zero-order chi connectivity index (χ0) is 23.4. The number of aromatic nitrogens is 1. The summed E-state index contributed by atoms with van der Waals surface area (Å²) in [4.78, 5) is 30.2. The third-order valence-corrected chi connectivity index (χ3v) is 6.52. The van der Waals surface area contributed by atoms with E-state index in [2.05, 4.69) is 15.6 Å². The first-order valence-corrected chi connectivity index (χ1v) is 11.7. The van der Waals surface area contributed by atoms with E-state index in [0.717, 1.165) is 11.1 Å². The van der Waals surface area contributed by atoms with Gasteiger partial charge in [0.25, 0.3) is 11.8 Å². The zero-order valence-electron chi connectivity index (χ0n) is 18.2. The molecule has 7 nitrogen and oxygen atoms in total. The van der Waals surface area contributed by atoms with Gasteiger partial charge in [-0.2, -0.15) is 0 Å². The number of hydrogen-bond acceptors (Lipinski definition) is 7. The largest absolute Gasteiger partial charge is 0.497 e. The molecule has 0 unspecified atom stereocenters. The first-order chi connectivity index (χ1) is 16.0. The molecule has 0 fully saturated rings. The summed E-state index contributed by atoms with van der Waals surface area (Å²) in [5, 5.41) is 9.89. The molecule has 2 amide bonds. The Morgan fingerprint density at radius 2 is 1.79 bits per heavy atom. The Bertz CT molecular complexity index is 1300. The maximum absolute atomic E-state index is 12.8. The number of thiazole rings is 1. The minimum absolute atomic E-state index is 0.172. The molecule has 4 rings (SSSR count). The Labute approximate surface area is 199 Å². The monoisotopic (exact) mass is 479 g/mol. The number of anilines is 2. The van der Waals surface area contributed by atoms with Crippen LogP contribution in [0.1, 0.15) is 25.6 Å². The van der Waals surface area contributed by atoms with Crippen LogP contribution < -0.4 is 20.1 Å². The normalized spacial score (nSPS) is 10.5. The van der Waals surface area contributed by atoms with Gasteiger partial charge in [0.1, 0.15) is 11.5 Å². The van der Waals surface area contributed by atoms with Crippen LogP contribution in [-0.2, 0) is 0 Å². The molecule has 0 aliphatic carbocycles. The van der Waals surface area contributed by atoms with Crippen LogP contribution in [0.25, 0.3) is 11.3 Å². The Morgan fingerprint density at radius 1 is 0.939 bits per heavy atom. The minimum Gasteiger partial charge on any atom is -0.497 e. The summed E-state index contributed by atoms with van der Waals surface area (Å²) in [6.45, 7) is 1.85. The number of hydrogen-bond donors (Lipinski definition) is 2. The van der Waals surface area contributed by atoms with Gasteiger partial charge in [-0.3, -0.25) is 14.9 Å². The topological polar surface area (TPSA) is 89.6 Å². The molecule has 4 aromatic rings. The fraction of sp³-hybridized carbons (Fsp3) is 0.125. The fourth-order valence-electron chi connectivity index (χ4n) is 3.17. The van der Waals surface area contributed by atoms with Crippen LogP contribution in [0.4, 0.5) is 10.8 Å². The van der Waals surface area contributed by atoms with E-state index in [0.29, 0.717) is 38.5 Å². The molecule has 0 atom stereocenters. The molecule has 0 aliphatic heterocycles. The summed E-state index contributed by atoms with van der Waals surface area (Å²) >= 11 is 2.70. The molecule has 0 bridgehead atoms. The molecule has 0 radical (unpaired) electrons. The highest BCUT2D eigenvalue weighted by molar-refractivity contribution is 7.14. The summed E-state index contributed by atoms with van der Waals surface area (Å²) in [6.07, 6.45) is 0. The van der Waals surface area contributed by atoms with Crippen molar-refractivity contribution in [2.24, 2.45) is 0 Å². The van der Waals surface area contributed by atoms with Crippen molar-refractivity contribution < 1.29 is 19.1 Å². The summed E-state index contributed by atoms with van der Waals surface area (Å²) in [5.41, 5.74) is 3.41. The van der Waals surface area contributed by atoms with Gasteiger partial charge in [-0.1, -0.05) is 6.07 Å². The first-order valence-electron chi connectivity index (χ1n) is 9.93. The van der Waals surface area contributed by atoms with Gasteiger partial charge in [-0.05, 0) is 54.3 Å². The predicted molar refractivity (Wildman–Crippen MR) is 132 cm³/mol. The highest BCUT2D eigenvalue weighted by Gasteiger charge is 2.15. The third kappa shape index (κ3) is 5.05. The lowest BCUT2D eigenvalue weighted by molar-refractivity contribution is 0.102. The van der Waals surface area contributed by atoms with Crippen LogP contribution in [-0.4, -0.2) is 31.0 Å². The summed E-state index contributed by atoms with van der Waals surface area (Å²) in [7, 11) is 3.18. The predicted octanol–water partition coefficient (Wildman–Crippen LogP) is 5.70. The SMILES string of the molecule is COc1ccc(-c2csc(NC(=O)c3ccc(NC(=O)c4cccs4)c(C)c3)n2)c(OC)c1. The Kier molecular flexibility index (Phi) is 6.71. The van der Waals surface area contributed by atoms with Crippen LogP contribution in [0, 0.1) is 6.92 Å². The van der Waals surface area contributed by atoms with Gasteiger partial charge in [0.2, 0.25) is 0 Å². The van der Waals surface area contributed by atoms with Crippen LogP contribution in [0.15, 0.2) is 59.3 Å². The molecule has 168 valence electrons. The molecule has 2 aromatic carbocycles. The van der Waals surface area contributed by atoms with E-state index in [4.69, 9.17) is 9.47 Å². The number of aryl methyl sites for hydroxylation is 1. The molecule has 9 heteroatoms. The van der Waals surface area contributed by atoms with E-state index in [1.54, 1.807) is 44.6 Å². The van der Waals surface area contributed by atoms with Gasteiger partial charge < -0.3 is 14.8 Å². The van der Waals surface area contributed by atoms with Gasteiger partial charge in [0.05, 0.1) is 24.8 Å². The first kappa shape index (κ1) is 22.5. The number of rotatable bonds is 7. The lowest BCUT2D eigenvalue weighted by Gasteiger charge is -2.10. The Morgan fingerprint density at radius 3 is 2.48 bits per heavy atom. The van der Waals surface area contributed by atoms with Crippen LogP contribution in [0.5, 0.6) is 11.5 Å². The number of ether oxygens (including phenoxy) is 2. The maximum atomic E-state index is 12.8. The second-order valence-electron chi connectivity index (χ2n) is 7.02. The molecule has 2 N–H and O–H groups in total. The molecule has 0 saturated heterocycles. The fourth-order valence-corrected chi connectivity index (χ4v) is 4.50. The number of amides is 2. The number of nitrogens with zero attached hydrogens (tertiary/aromatic N) is 1. The highest BCUT2D eigenvalue weighted by atomic mass is 32.1. The third-order valence-electron chi connectivity index (χ3n) is 4.89. The number of nitrogens with one attached hydrogen (secondary N) is 2. The quantitative estimate of drug-likeness (QED) is 0.355. The van der Waals surface area contributed by atoms with Gasteiger partial charge in [0, 0.05) is 28.3 Å². The van der Waals surface area contributed by atoms with Crippen molar-refractivity contribution in [3.05, 3.63) is 75.3 Å². The van der Waals surface area contributed by atoms with Crippen LogP contribution in [0.3, 0.4) is 0 Å². The van der Waals surface area contributed by atoms with Gasteiger partial charge in [-0.15, -0.1) is 22.7 Å². The van der Waals surface area contributed by atoms with E-state index < -0.39 is 0 Å². The molecule has 2 heterocycles. The summed E-state index contributed by atoms with van der Waals surface area (Å²) < 4.78 is 10.7. The van der Waals surface area contributed by atoms with Crippen molar-refractivity contribution in [1.82, 2.24) is 4.98 Å². The van der Waals surface area contributed by atoms with Crippen LogP contribution >= 0.6 is 22.7 Å². The van der Waals surface area contributed by atoms with Crippen molar-refractivity contribution >= 4 is 45.3 Å². The molecular formula is C24H21N3O4S2. The summed E-state index contributed by atoms with van der Waals surface area (Å²) in [6, 6.07) is 14.2. The molecule has 33 heavy (non-hydrogen) atoms. The molecule has 0 aliphatic rings. The second kappa shape index (κ2) is 9.85. The minimum atomic E-state index is -0.281. The van der Waals surface area contributed by atoms with E-state index >= 15 is 0 Å². The van der Waals surface area contributed by atoms with Crippen molar-refractivity contribution in [1.29, 1.82) is 0 Å². The van der Waals surface area contributed by atoms with Crippen molar-refractivity contribution in [3.63, 3.8) is 0 Å². The lowest BCUT2D eigenvalue weighted by Crippen LogP contribution is -2.14. The smallest absolute Gasteiger partial charge is 0.265 e. The summed E-state index contributed by atoms with van der Waals surface area (Å²) in [5.74, 6) is 0.865. The average molecular weight is 480 g/mol. The second-order valence-corrected chi connectivity index (χ2v) is 8.83. The number of carbonyl (C=O) groups excluding carboxylic acids is 2. The molecular weight excluding hydrogens is 458 g/mol. The zero-order valence-corrected chi connectivity index (χ0v) is 19.8. The van der Waals surface area contributed by atoms with Crippen LogP contribution in [0.2, 0.25) is 0 Å². The van der Waals surface area contributed by atoms with Gasteiger partial charge >= 0.3 is 0 Å². The van der Waals surface area contributed by atoms with E-state index in [-0.39, 0.29) is 11.8 Å². The van der Waals surface area contributed by atoms with Crippen molar-refractivity contribution in [2.75, 3.05) is 24.9 Å². The van der Waals surface area contributed by atoms with E-state index in [1.165, 1.54) is 22.7 Å². The number of benzene rings is 2. The number of methoxy groups -OCH3 is 2. The Hall–Kier alpha value is -3.69. The number of carbonyl (C=O) groups is 2. The van der Waals surface area contributed by atoms with Gasteiger partial charge in [-0.25, -0.2) is 4.98 Å². The van der Waals surface area contributed by atoms with Crippen molar-refractivity contribution in [2.45, 2.75) is 6.92 Å². The molecule has 0 saturated carbocycles. The van der Waals surface area contributed by atoms with Gasteiger partial charge in [0.15, 0.2) is 5.13 Å². The van der Waals surface area contributed by atoms with E-state index in [9.17, 15) is 9.59 Å². The maximum Gasteiger partial charge on any atom is 0.265 e. The lowest BCUT2D eigenvalue weighted by atomic mass is 10.1. The average Bonchev–Trinajstić information content (AvgIpc) is 3.52. The highest BCUT2D eigenvalue weighted by Crippen LogP contribution is 2.35. The van der Waals surface area contributed by atoms with Crippen molar-refractivity contribution in [3.8, 4) is 22.8 Å². The molecule has 2 aromatic heterocycles. The molecule has 0 spiro atoms. The standard InChI is InChI=1S/C24H21N3O4S2/c1-14-11-15(6-9-18(14)25-23(29)21-5-4-10-32-21)22(28)27-24-26-19(13-33-24)17-8-7-16(30-2)12-20(17)31-3/h4-13H,1-3H3,(H,25,29)(H,26,27,28). The van der Waals surface area contributed by atoms with E-state index in [1.807, 2.05) is 35.9 Å².